The highest BCUT2D eigenvalue weighted by Crippen LogP contribution is 2.27. The summed E-state index contributed by atoms with van der Waals surface area (Å²) in [4.78, 5) is 0. The van der Waals surface area contributed by atoms with Crippen molar-refractivity contribution in [1.29, 1.82) is 0 Å². The van der Waals surface area contributed by atoms with E-state index >= 15 is 0 Å². The maximum Gasteiger partial charge on any atom is 0.127 e. The van der Waals surface area contributed by atoms with E-state index in [1.54, 1.807) is 7.11 Å². The molecular weight excluding hydrogens is 268 g/mol. The van der Waals surface area contributed by atoms with Gasteiger partial charge in [0.15, 0.2) is 0 Å². The number of hydrogen-bond acceptors (Lipinski definition) is 2. The van der Waals surface area contributed by atoms with Crippen LogP contribution in [0.2, 0.25) is 0 Å². The summed E-state index contributed by atoms with van der Waals surface area (Å²) < 4.78 is 11.0. The zero-order valence-corrected chi connectivity index (χ0v) is 11.7. The van der Waals surface area contributed by atoms with Gasteiger partial charge < -0.3 is 9.47 Å². The first kappa shape index (κ1) is 13.4. The quantitative estimate of drug-likeness (QED) is 0.736. The number of rotatable bonds is 6. The highest BCUT2D eigenvalue weighted by Gasteiger charge is 2.06. The molecule has 1 atom stereocenters. The Morgan fingerprint density at radius 2 is 2.12 bits per heavy atom. The van der Waals surface area contributed by atoms with Gasteiger partial charge in [0.2, 0.25) is 0 Å². The fourth-order valence-corrected chi connectivity index (χ4v) is 1.72. The molecule has 0 radical (unpaired) electrons. The van der Waals surface area contributed by atoms with Crippen LogP contribution < -0.4 is 9.47 Å². The number of benzene rings is 1. The van der Waals surface area contributed by atoms with Crippen molar-refractivity contribution in [1.82, 2.24) is 0 Å². The summed E-state index contributed by atoms with van der Waals surface area (Å²) in [7, 11) is 1.67. The van der Waals surface area contributed by atoms with Gasteiger partial charge in [0.1, 0.15) is 11.5 Å². The molecule has 90 valence electrons. The SMILES string of the molecule is CCC(C)COc1cc(OC)ccc1CBr. The third-order valence-corrected chi connectivity index (χ3v) is 3.24. The Balaban J connectivity index is 2.75. The Morgan fingerprint density at radius 1 is 1.38 bits per heavy atom. The molecule has 0 N–H and O–H groups in total. The Labute approximate surface area is 106 Å². The molecule has 1 aromatic rings. The number of methoxy groups -OCH3 is 1. The molecule has 0 bridgehead atoms. The monoisotopic (exact) mass is 286 g/mol. The summed E-state index contributed by atoms with van der Waals surface area (Å²) in [5, 5.41) is 0.798. The lowest BCUT2D eigenvalue weighted by Gasteiger charge is -2.14. The number of halogens is 1. The highest BCUT2D eigenvalue weighted by atomic mass is 79.9. The van der Waals surface area contributed by atoms with Gasteiger partial charge in [0.05, 0.1) is 13.7 Å². The first-order chi connectivity index (χ1) is 7.71. The van der Waals surface area contributed by atoms with Crippen molar-refractivity contribution in [2.45, 2.75) is 25.6 Å². The van der Waals surface area contributed by atoms with Gasteiger partial charge in [0.25, 0.3) is 0 Å². The molecule has 0 spiro atoms. The molecule has 0 saturated heterocycles. The molecule has 0 aromatic heterocycles. The van der Waals surface area contributed by atoms with Crippen LogP contribution in [0.4, 0.5) is 0 Å². The molecule has 0 heterocycles. The van der Waals surface area contributed by atoms with Crippen LogP contribution in [-0.2, 0) is 5.33 Å². The van der Waals surface area contributed by atoms with Gasteiger partial charge in [-0.05, 0) is 12.0 Å². The summed E-state index contributed by atoms with van der Waals surface area (Å²) in [6, 6.07) is 5.92. The molecule has 2 nitrogen and oxygen atoms in total. The first-order valence-electron chi connectivity index (χ1n) is 5.56. The zero-order chi connectivity index (χ0) is 12.0. The lowest BCUT2D eigenvalue weighted by Crippen LogP contribution is -2.08. The molecule has 0 saturated carbocycles. The first-order valence-corrected chi connectivity index (χ1v) is 6.69. The van der Waals surface area contributed by atoms with Crippen molar-refractivity contribution >= 4 is 15.9 Å². The van der Waals surface area contributed by atoms with Crippen LogP contribution in [0.25, 0.3) is 0 Å². The fourth-order valence-electron chi connectivity index (χ4n) is 1.26. The Hall–Kier alpha value is -0.700. The van der Waals surface area contributed by atoms with Crippen LogP contribution in [0, 0.1) is 5.92 Å². The number of alkyl halides is 1. The lowest BCUT2D eigenvalue weighted by atomic mass is 10.1. The minimum absolute atomic E-state index is 0.578. The van der Waals surface area contributed by atoms with E-state index in [1.165, 1.54) is 0 Å². The molecule has 1 aromatic carbocycles. The van der Waals surface area contributed by atoms with E-state index in [2.05, 4.69) is 29.8 Å². The highest BCUT2D eigenvalue weighted by molar-refractivity contribution is 9.08. The molecule has 0 aliphatic carbocycles. The summed E-state index contributed by atoms with van der Waals surface area (Å²) in [6.45, 7) is 5.11. The summed E-state index contributed by atoms with van der Waals surface area (Å²) in [5.41, 5.74) is 1.16. The molecule has 1 rings (SSSR count). The third-order valence-electron chi connectivity index (χ3n) is 2.64. The molecule has 16 heavy (non-hydrogen) atoms. The van der Waals surface area contributed by atoms with Gasteiger partial charge in [-0.2, -0.15) is 0 Å². The molecule has 0 aliphatic heterocycles. The van der Waals surface area contributed by atoms with Crippen molar-refractivity contribution in [3.63, 3.8) is 0 Å². The van der Waals surface area contributed by atoms with E-state index in [4.69, 9.17) is 9.47 Å². The van der Waals surface area contributed by atoms with Gasteiger partial charge in [-0.3, -0.25) is 0 Å². The van der Waals surface area contributed by atoms with Crippen LogP contribution in [0.5, 0.6) is 11.5 Å². The van der Waals surface area contributed by atoms with E-state index in [1.807, 2.05) is 18.2 Å². The Morgan fingerprint density at radius 3 is 2.69 bits per heavy atom. The van der Waals surface area contributed by atoms with E-state index in [0.29, 0.717) is 5.92 Å². The molecule has 0 amide bonds. The van der Waals surface area contributed by atoms with Gasteiger partial charge >= 0.3 is 0 Å². The second kappa shape index (κ2) is 6.79. The van der Waals surface area contributed by atoms with Gasteiger partial charge in [-0.25, -0.2) is 0 Å². The minimum Gasteiger partial charge on any atom is -0.497 e. The van der Waals surface area contributed by atoms with E-state index in [0.717, 1.165) is 35.4 Å². The molecular formula is C13H19BrO2. The largest absolute Gasteiger partial charge is 0.497 e. The predicted octanol–water partition coefficient (Wildman–Crippen LogP) is 4.02. The van der Waals surface area contributed by atoms with Crippen LogP contribution in [0.3, 0.4) is 0 Å². The fraction of sp³-hybridized carbons (Fsp3) is 0.538. The molecule has 3 heteroatoms. The Kier molecular flexibility index (Phi) is 5.67. The summed E-state index contributed by atoms with van der Waals surface area (Å²) in [5.74, 6) is 2.33. The second-order valence-electron chi connectivity index (χ2n) is 3.93. The summed E-state index contributed by atoms with van der Waals surface area (Å²) in [6.07, 6.45) is 1.13. The van der Waals surface area contributed by atoms with Crippen molar-refractivity contribution < 1.29 is 9.47 Å². The average molecular weight is 287 g/mol. The number of ether oxygens (including phenoxy) is 2. The van der Waals surface area contributed by atoms with Crippen LogP contribution in [-0.4, -0.2) is 13.7 Å². The molecule has 0 fully saturated rings. The second-order valence-corrected chi connectivity index (χ2v) is 4.49. The maximum atomic E-state index is 5.81. The molecule has 0 aliphatic rings. The third kappa shape index (κ3) is 3.71. The summed E-state index contributed by atoms with van der Waals surface area (Å²) >= 11 is 3.46. The van der Waals surface area contributed by atoms with Gasteiger partial charge in [-0.1, -0.05) is 42.3 Å². The van der Waals surface area contributed by atoms with Crippen molar-refractivity contribution in [2.75, 3.05) is 13.7 Å². The van der Waals surface area contributed by atoms with E-state index in [-0.39, 0.29) is 0 Å². The van der Waals surface area contributed by atoms with Crippen LogP contribution in [0.1, 0.15) is 25.8 Å². The van der Waals surface area contributed by atoms with Crippen LogP contribution >= 0.6 is 15.9 Å². The van der Waals surface area contributed by atoms with Gasteiger partial charge in [0, 0.05) is 17.0 Å². The van der Waals surface area contributed by atoms with E-state index < -0.39 is 0 Å². The van der Waals surface area contributed by atoms with Crippen LogP contribution in [0.15, 0.2) is 18.2 Å². The standard InChI is InChI=1S/C13H19BrO2/c1-4-10(2)9-16-13-7-12(15-3)6-5-11(13)8-14/h5-7,10H,4,8-9H2,1-3H3. The van der Waals surface area contributed by atoms with Crippen molar-refractivity contribution in [2.24, 2.45) is 5.92 Å². The van der Waals surface area contributed by atoms with E-state index in [9.17, 15) is 0 Å². The normalized spacial score (nSPS) is 12.2. The molecule has 1 unspecified atom stereocenters. The smallest absolute Gasteiger partial charge is 0.127 e. The average Bonchev–Trinajstić information content (AvgIpc) is 2.35. The van der Waals surface area contributed by atoms with Gasteiger partial charge in [-0.15, -0.1) is 0 Å². The van der Waals surface area contributed by atoms with Crippen molar-refractivity contribution in [3.05, 3.63) is 23.8 Å². The topological polar surface area (TPSA) is 18.5 Å². The zero-order valence-electron chi connectivity index (χ0n) is 10.1. The Bertz CT molecular complexity index is 326. The number of hydrogen-bond donors (Lipinski definition) is 0. The van der Waals surface area contributed by atoms with Crippen molar-refractivity contribution in [3.8, 4) is 11.5 Å². The predicted molar refractivity (Wildman–Crippen MR) is 70.6 cm³/mol. The lowest BCUT2D eigenvalue weighted by molar-refractivity contribution is 0.254. The minimum atomic E-state index is 0.578. The maximum absolute atomic E-state index is 5.81.